The molecule has 0 aliphatic carbocycles. The van der Waals surface area contributed by atoms with Crippen molar-refractivity contribution < 1.29 is 32.6 Å². The number of rotatable bonds is 5. The molecule has 0 radical (unpaired) electrons. The zero-order valence-electron chi connectivity index (χ0n) is 16.8. The number of aromatic nitrogens is 3. The van der Waals surface area contributed by atoms with E-state index in [1.165, 1.54) is 22.9 Å². The Bertz CT molecular complexity index is 1170. The molecule has 1 aliphatic rings. The number of amides is 1. The number of hydrogen-bond donors (Lipinski definition) is 1. The lowest BCUT2D eigenvalue weighted by Crippen LogP contribution is -2.42. The summed E-state index contributed by atoms with van der Waals surface area (Å²) in [5.41, 5.74) is -0.855. The first kappa shape index (κ1) is 21.8. The van der Waals surface area contributed by atoms with Gasteiger partial charge in [0, 0.05) is 42.7 Å². The number of phenolic OH excluding ortho intramolecular Hbond substituents is 1. The van der Waals surface area contributed by atoms with Crippen molar-refractivity contribution in [2.45, 2.75) is 19.1 Å². The maximum Gasteiger partial charge on any atom is 0.433 e. The lowest BCUT2D eigenvalue weighted by Gasteiger charge is -2.26. The summed E-state index contributed by atoms with van der Waals surface area (Å²) in [6, 6.07) is 5.98. The third kappa shape index (κ3) is 4.72. The zero-order valence-corrected chi connectivity index (χ0v) is 16.8. The average molecular weight is 448 g/mol. The number of hydrogen-bond acceptors (Lipinski definition) is 6. The Morgan fingerprint density at radius 1 is 1.16 bits per heavy atom. The van der Waals surface area contributed by atoms with Crippen LogP contribution in [0.15, 0.2) is 36.5 Å². The smallest absolute Gasteiger partial charge is 0.433 e. The summed E-state index contributed by atoms with van der Waals surface area (Å²) in [5.74, 6) is -1.00. The Morgan fingerprint density at radius 3 is 2.62 bits per heavy atom. The fraction of sp³-hybridized carbons (Fsp3) is 0.333. The van der Waals surface area contributed by atoms with Gasteiger partial charge in [-0.05, 0) is 18.2 Å². The lowest BCUT2D eigenvalue weighted by molar-refractivity contribution is -0.141. The Kier molecular flexibility index (Phi) is 5.83. The van der Waals surface area contributed by atoms with Crippen LogP contribution in [-0.2, 0) is 28.7 Å². The van der Waals surface area contributed by atoms with Crippen LogP contribution in [0.5, 0.6) is 5.75 Å². The number of ketones is 1. The Morgan fingerprint density at radius 2 is 1.91 bits per heavy atom. The van der Waals surface area contributed by atoms with E-state index >= 15 is 0 Å². The first-order valence-electron chi connectivity index (χ1n) is 9.83. The maximum absolute atomic E-state index is 12.9. The highest BCUT2D eigenvalue weighted by Gasteiger charge is 2.33. The minimum Gasteiger partial charge on any atom is -0.508 e. The van der Waals surface area contributed by atoms with Crippen molar-refractivity contribution in [2.75, 3.05) is 26.3 Å². The topological polar surface area (TPSA) is 97.6 Å². The van der Waals surface area contributed by atoms with E-state index in [2.05, 4.69) is 10.1 Å². The number of Topliss-reactive ketones (excluding diaryl/α,β-unsaturated/α-hetero) is 1. The van der Waals surface area contributed by atoms with Crippen molar-refractivity contribution in [3.8, 4) is 5.75 Å². The molecule has 4 rings (SSSR count). The monoisotopic (exact) mass is 448 g/mol. The minimum atomic E-state index is -4.66. The molecule has 1 aliphatic heterocycles. The molecule has 3 aromatic rings. The molecular formula is C21H19F3N4O4. The molecule has 0 unspecified atom stereocenters. The van der Waals surface area contributed by atoms with Gasteiger partial charge in [0.1, 0.15) is 23.7 Å². The van der Waals surface area contributed by atoms with Gasteiger partial charge in [0.05, 0.1) is 18.7 Å². The molecule has 11 heteroatoms. The van der Waals surface area contributed by atoms with Crippen molar-refractivity contribution in [2.24, 2.45) is 0 Å². The summed E-state index contributed by atoms with van der Waals surface area (Å²) in [7, 11) is 0. The van der Waals surface area contributed by atoms with Crippen LogP contribution in [-0.4, -0.2) is 62.8 Å². The number of alkyl halides is 3. The number of halogens is 3. The van der Waals surface area contributed by atoms with Gasteiger partial charge in [-0.1, -0.05) is 6.07 Å². The number of morpholine rings is 1. The molecule has 1 amide bonds. The number of phenols is 1. The van der Waals surface area contributed by atoms with E-state index in [-0.39, 0.29) is 35.9 Å². The van der Waals surface area contributed by atoms with Gasteiger partial charge in [-0.2, -0.15) is 18.3 Å². The van der Waals surface area contributed by atoms with Crippen LogP contribution in [0, 0.1) is 0 Å². The summed E-state index contributed by atoms with van der Waals surface area (Å²) in [6.07, 6.45) is -3.39. The second kappa shape index (κ2) is 8.58. The van der Waals surface area contributed by atoms with E-state index in [0.29, 0.717) is 37.2 Å². The number of carbonyl (C=O) groups excluding carboxylic acids is 2. The van der Waals surface area contributed by atoms with Crippen LogP contribution in [0.2, 0.25) is 0 Å². The fourth-order valence-corrected chi connectivity index (χ4v) is 3.44. The van der Waals surface area contributed by atoms with E-state index in [1.54, 1.807) is 11.1 Å². The third-order valence-corrected chi connectivity index (χ3v) is 5.09. The number of nitrogens with zero attached hydrogens (tertiary/aromatic N) is 4. The molecular weight excluding hydrogens is 429 g/mol. The third-order valence-electron chi connectivity index (χ3n) is 5.09. The highest BCUT2D eigenvalue weighted by molar-refractivity contribution is 5.97. The number of pyridine rings is 1. The summed E-state index contributed by atoms with van der Waals surface area (Å²) < 4.78 is 45.2. The maximum atomic E-state index is 12.9. The van der Waals surface area contributed by atoms with Gasteiger partial charge in [-0.15, -0.1) is 0 Å². The van der Waals surface area contributed by atoms with Gasteiger partial charge < -0.3 is 14.7 Å². The van der Waals surface area contributed by atoms with E-state index in [4.69, 9.17) is 4.74 Å². The molecule has 1 saturated heterocycles. The number of carbonyl (C=O) groups is 2. The normalized spacial score (nSPS) is 14.7. The van der Waals surface area contributed by atoms with Crippen LogP contribution in [0.25, 0.3) is 10.9 Å². The van der Waals surface area contributed by atoms with Crippen molar-refractivity contribution in [1.29, 1.82) is 0 Å². The molecule has 1 N–H and O–H groups in total. The average Bonchev–Trinajstić information content (AvgIpc) is 3.14. The quantitative estimate of drug-likeness (QED) is 0.603. The van der Waals surface area contributed by atoms with Crippen LogP contribution < -0.4 is 0 Å². The van der Waals surface area contributed by atoms with Crippen LogP contribution in [0.3, 0.4) is 0 Å². The molecule has 2 aromatic heterocycles. The summed E-state index contributed by atoms with van der Waals surface area (Å²) in [5, 5.41) is 15.2. The second-order valence-corrected chi connectivity index (χ2v) is 7.37. The summed E-state index contributed by atoms with van der Waals surface area (Å²) in [6.45, 7) is 2.00. The van der Waals surface area contributed by atoms with Crippen molar-refractivity contribution >= 4 is 22.6 Å². The molecule has 8 nitrogen and oxygen atoms in total. The molecule has 0 spiro atoms. The van der Waals surface area contributed by atoms with Crippen molar-refractivity contribution in [3.63, 3.8) is 0 Å². The van der Waals surface area contributed by atoms with Crippen LogP contribution >= 0.6 is 0 Å². The van der Waals surface area contributed by atoms with Crippen LogP contribution in [0.4, 0.5) is 13.2 Å². The van der Waals surface area contributed by atoms with E-state index < -0.39 is 17.7 Å². The zero-order chi connectivity index (χ0) is 22.9. The first-order valence-corrected chi connectivity index (χ1v) is 9.83. The standard InChI is InChI=1S/C21H19F3N4O4/c22-21(23,24)19-3-1-2-15(25-19)18(30)9-13-8-14-11-28(26-16(14)10-17(13)29)12-20(31)27-4-6-32-7-5-27/h1-3,8,10-11,29H,4-7,9,12H2. The molecule has 0 saturated carbocycles. The van der Waals surface area contributed by atoms with Gasteiger partial charge in [0.15, 0.2) is 5.78 Å². The van der Waals surface area contributed by atoms with E-state index in [1.807, 2.05) is 0 Å². The number of aromatic hydroxyl groups is 1. The molecule has 168 valence electrons. The van der Waals surface area contributed by atoms with Gasteiger partial charge in [-0.3, -0.25) is 14.3 Å². The number of ether oxygens (including phenoxy) is 1. The molecule has 32 heavy (non-hydrogen) atoms. The minimum absolute atomic E-state index is 0.0118. The van der Waals surface area contributed by atoms with Gasteiger partial charge in [0.25, 0.3) is 0 Å². The van der Waals surface area contributed by atoms with Crippen molar-refractivity contribution in [1.82, 2.24) is 19.7 Å². The summed E-state index contributed by atoms with van der Waals surface area (Å²) >= 11 is 0. The highest BCUT2D eigenvalue weighted by atomic mass is 19.4. The summed E-state index contributed by atoms with van der Waals surface area (Å²) in [4.78, 5) is 30.0. The predicted octanol–water partition coefficient (Wildman–Crippen LogP) is 2.44. The Labute approximate surface area is 180 Å². The molecule has 3 heterocycles. The fourth-order valence-electron chi connectivity index (χ4n) is 3.44. The van der Waals surface area contributed by atoms with Gasteiger partial charge in [-0.25, -0.2) is 4.98 Å². The molecule has 0 atom stereocenters. The largest absolute Gasteiger partial charge is 0.508 e. The van der Waals surface area contributed by atoms with Gasteiger partial charge >= 0.3 is 6.18 Å². The number of fused-ring (bicyclic) bond motifs is 1. The highest BCUT2D eigenvalue weighted by Crippen LogP contribution is 2.28. The van der Waals surface area contributed by atoms with Crippen LogP contribution in [0.1, 0.15) is 21.7 Å². The Balaban J connectivity index is 1.52. The second-order valence-electron chi connectivity index (χ2n) is 7.37. The van der Waals surface area contributed by atoms with E-state index in [9.17, 15) is 27.9 Å². The molecule has 1 aromatic carbocycles. The lowest BCUT2D eigenvalue weighted by atomic mass is 10.0. The predicted molar refractivity (Wildman–Crippen MR) is 106 cm³/mol. The van der Waals surface area contributed by atoms with Crippen molar-refractivity contribution in [3.05, 3.63) is 53.5 Å². The molecule has 0 bridgehead atoms. The number of benzene rings is 1. The molecule has 1 fully saturated rings. The Hall–Kier alpha value is -3.47. The SMILES string of the molecule is O=C(Cc1cc2cn(CC(=O)N3CCOCC3)nc2cc1O)c1cccc(C(F)(F)F)n1. The van der Waals surface area contributed by atoms with Gasteiger partial charge in [0.2, 0.25) is 5.91 Å². The van der Waals surface area contributed by atoms with E-state index in [0.717, 1.165) is 12.1 Å². The first-order chi connectivity index (χ1) is 15.2.